The van der Waals surface area contributed by atoms with Crippen molar-refractivity contribution in [3.63, 3.8) is 0 Å². The maximum atomic E-state index is 10.00. The maximum absolute atomic E-state index is 10.00. The molecule has 100 valence electrons. The van der Waals surface area contributed by atoms with Gasteiger partial charge in [-0.1, -0.05) is 24.8 Å². The second-order valence-electron chi connectivity index (χ2n) is 4.50. The predicted molar refractivity (Wildman–Crippen MR) is 73.6 cm³/mol. The summed E-state index contributed by atoms with van der Waals surface area (Å²) in [5.74, 6) is 0.213. The lowest BCUT2D eigenvalue weighted by atomic mass is 9.71. The van der Waals surface area contributed by atoms with E-state index >= 15 is 0 Å². The van der Waals surface area contributed by atoms with Crippen molar-refractivity contribution in [3.8, 4) is 5.75 Å². The Kier molecular flexibility index (Phi) is 4.42. The van der Waals surface area contributed by atoms with E-state index in [-0.39, 0.29) is 11.9 Å². The van der Waals surface area contributed by atoms with Crippen LogP contribution in [0.3, 0.4) is 0 Å². The topological polar surface area (TPSA) is 58.9 Å². The normalized spacial score (nSPS) is 19.2. The molecule has 0 bridgehead atoms. The Balaban J connectivity index is 2.10. The fourth-order valence-corrected chi connectivity index (χ4v) is 2.10. The number of hydrogen-bond acceptors (Lipinski definition) is 4. The van der Waals surface area contributed by atoms with Gasteiger partial charge in [-0.2, -0.15) is 0 Å². The summed E-state index contributed by atoms with van der Waals surface area (Å²) in [6, 6.07) is 6.79. The van der Waals surface area contributed by atoms with Crippen LogP contribution in [0.2, 0.25) is 0 Å². The van der Waals surface area contributed by atoms with Crippen LogP contribution in [0.5, 0.6) is 5.75 Å². The van der Waals surface area contributed by atoms with Crippen molar-refractivity contribution in [3.05, 3.63) is 53.5 Å². The molecule has 1 aliphatic rings. The van der Waals surface area contributed by atoms with E-state index < -0.39 is 7.12 Å². The van der Waals surface area contributed by atoms with Gasteiger partial charge in [0.25, 0.3) is 0 Å². The Hall–Kier alpha value is -1.56. The molecule has 0 saturated carbocycles. The number of aromatic hydroxyl groups is 1. The van der Waals surface area contributed by atoms with E-state index in [1.165, 1.54) is 0 Å². The van der Waals surface area contributed by atoms with Gasteiger partial charge in [-0.25, -0.2) is 0 Å². The minimum atomic E-state index is -0.991. The summed E-state index contributed by atoms with van der Waals surface area (Å²) in [5.41, 5.74) is 2.32. The van der Waals surface area contributed by atoms with E-state index in [0.717, 1.165) is 11.1 Å². The van der Waals surface area contributed by atoms with Crippen molar-refractivity contribution in [2.45, 2.75) is 12.5 Å². The van der Waals surface area contributed by atoms with Gasteiger partial charge in [0.1, 0.15) is 5.75 Å². The fraction of sp³-hybridized carbons (Fsp3) is 0.286. The standard InChI is InChI=1S/C14H17BO4/c1-10(9-18-2)13-7-8-14(19-15(13)17)11-3-5-12(16)6-4-11/h3-7,14,16-17H,1,8-9H2,2H3. The van der Waals surface area contributed by atoms with Gasteiger partial charge in [-0.05, 0) is 35.2 Å². The molecule has 1 aliphatic heterocycles. The van der Waals surface area contributed by atoms with Crippen molar-refractivity contribution >= 4 is 7.12 Å². The molecule has 1 aromatic rings. The first-order valence-electron chi connectivity index (χ1n) is 6.11. The van der Waals surface area contributed by atoms with Crippen LogP contribution in [-0.4, -0.2) is 31.0 Å². The Morgan fingerprint density at radius 2 is 2.16 bits per heavy atom. The number of phenols is 1. The van der Waals surface area contributed by atoms with Crippen LogP contribution in [0.1, 0.15) is 18.1 Å². The molecule has 5 heteroatoms. The zero-order valence-corrected chi connectivity index (χ0v) is 10.9. The summed E-state index contributed by atoms with van der Waals surface area (Å²) >= 11 is 0. The Morgan fingerprint density at radius 3 is 2.74 bits per heavy atom. The van der Waals surface area contributed by atoms with Gasteiger partial charge >= 0.3 is 7.12 Å². The van der Waals surface area contributed by atoms with Crippen LogP contribution in [0, 0.1) is 0 Å². The summed E-state index contributed by atoms with van der Waals surface area (Å²) in [5, 5.41) is 19.2. The van der Waals surface area contributed by atoms with Gasteiger partial charge in [-0.15, -0.1) is 0 Å². The lowest BCUT2D eigenvalue weighted by Gasteiger charge is -2.26. The van der Waals surface area contributed by atoms with Crippen LogP contribution < -0.4 is 0 Å². The molecule has 0 spiro atoms. The lowest BCUT2D eigenvalue weighted by molar-refractivity contribution is 0.166. The van der Waals surface area contributed by atoms with E-state index in [1.54, 1.807) is 31.4 Å². The van der Waals surface area contributed by atoms with Crippen LogP contribution in [-0.2, 0) is 9.39 Å². The van der Waals surface area contributed by atoms with Crippen LogP contribution >= 0.6 is 0 Å². The van der Waals surface area contributed by atoms with Gasteiger partial charge in [0.15, 0.2) is 0 Å². The Morgan fingerprint density at radius 1 is 1.47 bits per heavy atom. The number of ether oxygens (including phenoxy) is 1. The first-order chi connectivity index (χ1) is 9.11. The highest BCUT2D eigenvalue weighted by molar-refractivity contribution is 6.54. The summed E-state index contributed by atoms with van der Waals surface area (Å²) in [7, 11) is 0.594. The molecule has 0 radical (unpaired) electrons. The van der Waals surface area contributed by atoms with Crippen molar-refractivity contribution in [1.82, 2.24) is 0 Å². The molecule has 0 amide bonds. The monoisotopic (exact) mass is 260 g/mol. The van der Waals surface area contributed by atoms with E-state index in [9.17, 15) is 10.1 Å². The third kappa shape index (κ3) is 3.26. The van der Waals surface area contributed by atoms with E-state index in [4.69, 9.17) is 9.39 Å². The lowest BCUT2D eigenvalue weighted by Crippen LogP contribution is -2.29. The molecule has 2 N–H and O–H groups in total. The number of phenolic OH excluding ortho intramolecular Hbond substituents is 1. The van der Waals surface area contributed by atoms with Crippen molar-refractivity contribution in [2.75, 3.05) is 13.7 Å². The number of benzene rings is 1. The SMILES string of the molecule is C=C(COC)C1=CCC(c2ccc(O)cc2)OB1O. The highest BCUT2D eigenvalue weighted by Gasteiger charge is 2.30. The highest BCUT2D eigenvalue weighted by Crippen LogP contribution is 2.31. The van der Waals surface area contributed by atoms with Crippen molar-refractivity contribution in [2.24, 2.45) is 0 Å². The molecular weight excluding hydrogens is 243 g/mol. The molecule has 2 rings (SSSR count). The number of hydrogen-bond donors (Lipinski definition) is 2. The fourth-order valence-electron chi connectivity index (χ4n) is 2.10. The molecule has 0 saturated heterocycles. The third-order valence-electron chi connectivity index (χ3n) is 3.10. The largest absolute Gasteiger partial charge is 0.508 e. The molecule has 0 fully saturated rings. The second-order valence-corrected chi connectivity index (χ2v) is 4.50. The average molecular weight is 260 g/mol. The summed E-state index contributed by atoms with van der Waals surface area (Å²) in [6.45, 7) is 4.23. The van der Waals surface area contributed by atoms with Crippen molar-refractivity contribution < 1.29 is 19.5 Å². The van der Waals surface area contributed by atoms with Crippen molar-refractivity contribution in [1.29, 1.82) is 0 Å². The molecule has 1 heterocycles. The zero-order valence-electron chi connectivity index (χ0n) is 10.9. The van der Waals surface area contributed by atoms with E-state index in [2.05, 4.69) is 6.58 Å². The minimum Gasteiger partial charge on any atom is -0.508 e. The number of rotatable bonds is 4. The van der Waals surface area contributed by atoms with Gasteiger partial charge in [0.05, 0.1) is 12.7 Å². The second kappa shape index (κ2) is 6.06. The van der Waals surface area contributed by atoms with Crippen LogP contribution in [0.15, 0.2) is 48.0 Å². The molecule has 0 aliphatic carbocycles. The van der Waals surface area contributed by atoms with E-state index in [1.807, 2.05) is 6.08 Å². The maximum Gasteiger partial charge on any atom is 0.491 e. The quantitative estimate of drug-likeness (QED) is 0.813. The number of methoxy groups -OCH3 is 1. The highest BCUT2D eigenvalue weighted by atomic mass is 16.5. The van der Waals surface area contributed by atoms with Crippen LogP contribution in [0.4, 0.5) is 0 Å². The zero-order chi connectivity index (χ0) is 13.8. The molecular formula is C14H17BO4. The third-order valence-corrected chi connectivity index (χ3v) is 3.10. The molecule has 0 aromatic heterocycles. The van der Waals surface area contributed by atoms with Gasteiger partial charge in [0.2, 0.25) is 0 Å². The van der Waals surface area contributed by atoms with Gasteiger partial charge < -0.3 is 19.5 Å². The minimum absolute atomic E-state index is 0.213. The Labute approximate surface area is 113 Å². The van der Waals surface area contributed by atoms with Crippen LogP contribution in [0.25, 0.3) is 0 Å². The molecule has 19 heavy (non-hydrogen) atoms. The Bertz CT molecular complexity index is 481. The molecule has 1 aromatic carbocycles. The summed E-state index contributed by atoms with van der Waals surface area (Å²) < 4.78 is 10.6. The van der Waals surface area contributed by atoms with Gasteiger partial charge in [0, 0.05) is 7.11 Å². The first-order valence-corrected chi connectivity index (χ1v) is 6.11. The summed E-state index contributed by atoms with van der Waals surface area (Å²) in [6.07, 6.45) is 2.36. The summed E-state index contributed by atoms with van der Waals surface area (Å²) in [4.78, 5) is 0. The molecule has 1 unspecified atom stereocenters. The van der Waals surface area contributed by atoms with Gasteiger partial charge in [-0.3, -0.25) is 0 Å². The average Bonchev–Trinajstić information content (AvgIpc) is 2.39. The molecule has 1 atom stereocenters. The van der Waals surface area contributed by atoms with E-state index in [0.29, 0.717) is 18.5 Å². The molecule has 4 nitrogen and oxygen atoms in total. The first kappa shape index (κ1) is 13.9. The smallest absolute Gasteiger partial charge is 0.491 e. The predicted octanol–water partition coefficient (Wildman–Crippen LogP) is 2.00.